The summed E-state index contributed by atoms with van der Waals surface area (Å²) in [6, 6.07) is 12.4. The number of amides is 4. The van der Waals surface area contributed by atoms with Crippen molar-refractivity contribution in [1.29, 1.82) is 0 Å². The highest BCUT2D eigenvalue weighted by molar-refractivity contribution is 7.60. The van der Waals surface area contributed by atoms with E-state index in [4.69, 9.17) is 14.5 Å². The van der Waals surface area contributed by atoms with Crippen LogP contribution in [0.1, 0.15) is 95.2 Å². The zero-order valence-corrected chi connectivity index (χ0v) is 40.8. The van der Waals surface area contributed by atoms with E-state index in [1.165, 1.54) is 20.0 Å². The Hall–Kier alpha value is -4.09. The first-order valence-corrected chi connectivity index (χ1v) is 19.9. The summed E-state index contributed by atoms with van der Waals surface area (Å²) in [4.78, 5) is 72.0. The number of rotatable bonds is 8. The number of nitrogens with zero attached hydrogens (tertiary/aromatic N) is 4. The van der Waals surface area contributed by atoms with Crippen molar-refractivity contribution < 1.29 is 28.7 Å². The summed E-state index contributed by atoms with van der Waals surface area (Å²) in [6.07, 6.45) is 4.12. The second-order valence-electron chi connectivity index (χ2n) is 17.1. The first kappa shape index (κ1) is 52.3. The molecule has 3 saturated heterocycles. The van der Waals surface area contributed by atoms with E-state index in [2.05, 4.69) is 56.2 Å². The van der Waals surface area contributed by atoms with Crippen molar-refractivity contribution in [2.24, 2.45) is 23.2 Å². The Bertz CT molecular complexity index is 2310. The Kier molecular flexibility index (Phi) is 17.4. The average molecular weight is 945 g/mol. The molecule has 338 valence electrons. The Morgan fingerprint density at radius 3 is 2.10 bits per heavy atom. The molecule has 4 aromatic rings. The van der Waals surface area contributed by atoms with Crippen molar-refractivity contribution >= 4 is 103 Å². The molecule has 2 spiro atoms. The molecule has 1 saturated carbocycles. The van der Waals surface area contributed by atoms with Crippen LogP contribution in [0, 0.1) is 35.0 Å². The lowest BCUT2D eigenvalue weighted by Gasteiger charge is -2.30. The smallest absolute Gasteiger partial charge is 0.407 e. The predicted octanol–water partition coefficient (Wildman–Crippen LogP) is 6.40. The summed E-state index contributed by atoms with van der Waals surface area (Å²) < 4.78 is 10.5. The minimum absolute atomic E-state index is 0. The van der Waals surface area contributed by atoms with E-state index >= 15 is 0 Å². The molecule has 4 N–H and O–H groups in total. The molecule has 62 heavy (non-hydrogen) atoms. The molecule has 19 heteroatoms. The molecule has 2 aromatic carbocycles. The van der Waals surface area contributed by atoms with E-state index in [0.717, 1.165) is 52.2 Å². The number of H-pyrrole nitrogens is 2. The molecule has 0 bridgehead atoms. The molecule has 1 aliphatic carbocycles. The van der Waals surface area contributed by atoms with E-state index in [9.17, 15) is 19.2 Å². The van der Waals surface area contributed by atoms with Crippen LogP contribution in [-0.2, 0) is 19.1 Å². The quantitative estimate of drug-likeness (QED) is 0.147. The fourth-order valence-corrected chi connectivity index (χ4v) is 8.42. The van der Waals surface area contributed by atoms with Gasteiger partial charge in [-0.05, 0) is 72.4 Å². The molecule has 14 nitrogen and oxygen atoms in total. The Morgan fingerprint density at radius 2 is 1.48 bits per heavy atom. The number of aromatic amines is 2. The van der Waals surface area contributed by atoms with Gasteiger partial charge in [0.1, 0.15) is 17.7 Å². The minimum atomic E-state index is -0.912. The maximum Gasteiger partial charge on any atom is 0.407 e. The van der Waals surface area contributed by atoms with Crippen molar-refractivity contribution in [1.82, 2.24) is 40.4 Å². The number of ether oxygens (including phenoxy) is 2. The van der Waals surface area contributed by atoms with Gasteiger partial charge in [0.25, 0.3) is 0 Å². The number of alkyl carbamates (subject to hydrolysis) is 2. The van der Waals surface area contributed by atoms with Crippen LogP contribution in [0.25, 0.3) is 22.3 Å². The number of nitrogens with one attached hydrogen (secondary N) is 4. The number of aromatic nitrogens is 4. The van der Waals surface area contributed by atoms with E-state index in [-0.39, 0.29) is 122 Å². The van der Waals surface area contributed by atoms with E-state index < -0.39 is 29.9 Å². The third-order valence-electron chi connectivity index (χ3n) is 12.4. The fourth-order valence-electron chi connectivity index (χ4n) is 8.42. The molecule has 5 heterocycles. The van der Waals surface area contributed by atoms with Crippen LogP contribution in [-0.4, -0.2) is 92.1 Å². The number of imidazole rings is 2. The Labute approximate surface area is 397 Å². The zero-order valence-electron chi connectivity index (χ0n) is 35.8. The van der Waals surface area contributed by atoms with Gasteiger partial charge in [-0.15, -0.1) is 0 Å². The van der Waals surface area contributed by atoms with E-state index in [0.29, 0.717) is 12.2 Å². The van der Waals surface area contributed by atoms with Crippen LogP contribution in [0.3, 0.4) is 0 Å². The normalized spacial score (nSPS) is 21.3. The molecule has 2 aromatic heterocycles. The van der Waals surface area contributed by atoms with Crippen LogP contribution < -0.4 is 10.6 Å². The van der Waals surface area contributed by atoms with Gasteiger partial charge in [0.05, 0.1) is 55.2 Å². The SMILES string of the molecule is COC(=O)N[C@H](C(=O)N1C[C@@]2(CNC(=O)O2)C[C@H]1c1ncc(-c2ccc(C#Cc3ccc4nc([C@@H]5CC6(CC6)CN5C(=O)[C@@H](C)C(C)C)[nH]c4c3)cc2)[nH]1)C(C)C.S.S.S.S.S. The summed E-state index contributed by atoms with van der Waals surface area (Å²) in [7, 11) is 1.25. The molecule has 0 radical (unpaired) electrons. The maximum atomic E-state index is 14.0. The predicted molar refractivity (Wildman–Crippen MR) is 263 cm³/mol. The number of carbonyl (C=O) groups excluding carboxylic acids is 4. The largest absolute Gasteiger partial charge is 0.453 e. The van der Waals surface area contributed by atoms with Gasteiger partial charge < -0.3 is 39.9 Å². The van der Waals surface area contributed by atoms with Gasteiger partial charge in [-0.3, -0.25) is 9.59 Å². The average Bonchev–Trinajstić information content (AvgIpc) is 3.74. The third kappa shape index (κ3) is 10.5. The molecule has 8 rings (SSSR count). The van der Waals surface area contributed by atoms with Gasteiger partial charge in [-0.1, -0.05) is 58.6 Å². The van der Waals surface area contributed by atoms with Crippen LogP contribution in [0.5, 0.6) is 0 Å². The lowest BCUT2D eigenvalue weighted by atomic mass is 9.96. The lowest BCUT2D eigenvalue weighted by molar-refractivity contribution is -0.137. The van der Waals surface area contributed by atoms with Gasteiger partial charge >= 0.3 is 12.2 Å². The molecule has 3 aliphatic heterocycles. The van der Waals surface area contributed by atoms with Gasteiger partial charge in [0, 0.05) is 30.0 Å². The maximum absolute atomic E-state index is 14.0. The van der Waals surface area contributed by atoms with Crippen molar-refractivity contribution in [3.8, 4) is 23.1 Å². The zero-order chi connectivity index (χ0) is 40.2. The first-order chi connectivity index (χ1) is 27.3. The lowest BCUT2D eigenvalue weighted by Crippen LogP contribution is -2.52. The van der Waals surface area contributed by atoms with E-state index in [1.807, 2.05) is 63.2 Å². The molecular weight excluding hydrogens is 885 g/mol. The number of benzene rings is 2. The molecular formula is C43H60N8O6S5. The number of hydrogen-bond donors (Lipinski definition) is 4. The highest BCUT2D eigenvalue weighted by Gasteiger charge is 2.55. The van der Waals surface area contributed by atoms with Gasteiger partial charge in [-0.25, -0.2) is 19.6 Å². The second kappa shape index (κ2) is 20.6. The summed E-state index contributed by atoms with van der Waals surface area (Å²) in [5.74, 6) is 7.87. The van der Waals surface area contributed by atoms with Crippen LogP contribution in [0.15, 0.2) is 48.7 Å². The number of carbonyl (C=O) groups is 4. The van der Waals surface area contributed by atoms with E-state index in [1.54, 1.807) is 11.1 Å². The molecule has 4 fully saturated rings. The molecule has 0 unspecified atom stereocenters. The topological polar surface area (TPSA) is 175 Å². The van der Waals surface area contributed by atoms with Gasteiger partial charge in [0.2, 0.25) is 11.8 Å². The third-order valence-corrected chi connectivity index (χ3v) is 12.4. The minimum Gasteiger partial charge on any atom is -0.453 e. The molecule has 4 aliphatic rings. The van der Waals surface area contributed by atoms with Gasteiger partial charge in [-0.2, -0.15) is 67.5 Å². The van der Waals surface area contributed by atoms with Crippen molar-refractivity contribution in [2.45, 2.75) is 84.0 Å². The highest BCUT2D eigenvalue weighted by atomic mass is 32.1. The van der Waals surface area contributed by atoms with Crippen molar-refractivity contribution in [3.05, 3.63) is 71.4 Å². The second-order valence-corrected chi connectivity index (χ2v) is 17.1. The first-order valence-electron chi connectivity index (χ1n) is 19.9. The highest BCUT2D eigenvalue weighted by Crippen LogP contribution is 2.58. The standard InChI is InChI=1S/C43H50N8O6.5H2S/c1-24(2)26(5)38(52)50-22-42(15-16-42)18-33(50)37-46-30-14-11-28(17-31(30)47-37)8-7-27-9-12-29(13-10-27)32-20-44-36(48-32)34-19-43(21-45-40(54)57-43)23-51(34)39(53)35(25(3)4)49-41(55)56-6;;;;;/h9-14,17,20,24-26,33-35H,15-16,18-19,21-23H2,1-6H3,(H,44,48)(H,45,54)(H,46,47)(H,49,55);5*1H2/t26-,33-,34-,35-,43-;;;;;/m0...../s1. The number of fused-ring (bicyclic) bond motifs is 1. The Balaban J connectivity index is 0.00000205. The van der Waals surface area contributed by atoms with Crippen LogP contribution >= 0.6 is 67.5 Å². The number of likely N-dealkylation sites (tertiary alicyclic amines) is 2. The summed E-state index contributed by atoms with van der Waals surface area (Å²) in [5, 5.41) is 5.38. The van der Waals surface area contributed by atoms with Gasteiger partial charge in [0.15, 0.2) is 5.60 Å². The van der Waals surface area contributed by atoms with Crippen molar-refractivity contribution in [2.75, 3.05) is 26.7 Å². The van der Waals surface area contributed by atoms with Crippen LogP contribution in [0.4, 0.5) is 9.59 Å². The molecule has 4 amide bonds. The monoisotopic (exact) mass is 944 g/mol. The summed E-state index contributed by atoms with van der Waals surface area (Å²) in [6.45, 7) is 11.2. The molecule has 5 atom stereocenters. The van der Waals surface area contributed by atoms with Crippen molar-refractivity contribution in [3.63, 3.8) is 0 Å². The number of hydrogen-bond acceptors (Lipinski definition) is 8. The Morgan fingerprint density at radius 1 is 0.839 bits per heavy atom. The summed E-state index contributed by atoms with van der Waals surface area (Å²) >= 11 is 0. The number of methoxy groups -OCH3 is 1. The summed E-state index contributed by atoms with van der Waals surface area (Å²) in [5.41, 5.74) is 4.42. The fraction of sp³-hybridized carbons (Fsp3) is 0.488. The van der Waals surface area contributed by atoms with Crippen LogP contribution in [0.2, 0.25) is 0 Å².